The molecule has 1 aliphatic heterocycles. The van der Waals surface area contributed by atoms with Crippen LogP contribution in [0.1, 0.15) is 6.92 Å². The van der Waals surface area contributed by atoms with Crippen molar-refractivity contribution >= 4 is 5.97 Å². The first-order chi connectivity index (χ1) is 9.08. The smallest absolute Gasteiger partial charge is 0.306 e. The maximum atomic E-state index is 13.3. The lowest BCUT2D eigenvalue weighted by Gasteiger charge is -2.41. The van der Waals surface area contributed by atoms with E-state index in [1.807, 2.05) is 0 Å². The molecule has 0 aromatic heterocycles. The quantitative estimate of drug-likeness (QED) is 0.854. The molecular formula is C14H18FNO3. The number of halogens is 1. The van der Waals surface area contributed by atoms with Crippen LogP contribution in [0.15, 0.2) is 24.3 Å². The van der Waals surface area contributed by atoms with Crippen molar-refractivity contribution in [2.24, 2.45) is 11.8 Å². The van der Waals surface area contributed by atoms with Crippen LogP contribution >= 0.6 is 0 Å². The van der Waals surface area contributed by atoms with Crippen molar-refractivity contribution in [1.29, 1.82) is 0 Å². The lowest BCUT2D eigenvalue weighted by Crippen LogP contribution is -2.52. The highest BCUT2D eigenvalue weighted by Gasteiger charge is 2.34. The molecule has 0 amide bonds. The Labute approximate surface area is 111 Å². The van der Waals surface area contributed by atoms with E-state index in [2.05, 4.69) is 4.90 Å². The second-order valence-corrected chi connectivity index (χ2v) is 4.93. The van der Waals surface area contributed by atoms with Gasteiger partial charge in [-0.2, -0.15) is 0 Å². The van der Waals surface area contributed by atoms with Crippen LogP contribution in [-0.4, -0.2) is 42.2 Å². The van der Waals surface area contributed by atoms with Crippen molar-refractivity contribution in [1.82, 2.24) is 4.90 Å². The second kappa shape index (κ2) is 6.02. The van der Waals surface area contributed by atoms with Gasteiger partial charge in [-0.3, -0.25) is 9.69 Å². The molecule has 0 bridgehead atoms. The maximum Gasteiger partial charge on any atom is 0.306 e. The topological polar surface area (TPSA) is 49.8 Å². The summed E-state index contributed by atoms with van der Waals surface area (Å²) in [5.74, 6) is -0.927. The minimum Gasteiger partial charge on any atom is -0.489 e. The summed E-state index contributed by atoms with van der Waals surface area (Å²) in [5, 5.41) is 8.87. The van der Waals surface area contributed by atoms with Gasteiger partial charge >= 0.3 is 5.97 Å². The van der Waals surface area contributed by atoms with Gasteiger partial charge in [0, 0.05) is 19.6 Å². The minimum absolute atomic E-state index is 0.214. The van der Waals surface area contributed by atoms with E-state index < -0.39 is 5.97 Å². The van der Waals surface area contributed by atoms with Gasteiger partial charge < -0.3 is 9.84 Å². The molecule has 0 saturated carbocycles. The van der Waals surface area contributed by atoms with E-state index in [1.165, 1.54) is 6.07 Å². The Bertz CT molecular complexity index is 446. The number of benzene rings is 1. The summed E-state index contributed by atoms with van der Waals surface area (Å²) in [6.45, 7) is 4.38. The molecular weight excluding hydrogens is 249 g/mol. The molecule has 1 heterocycles. The number of rotatable bonds is 6. The number of nitrogens with zero attached hydrogens (tertiary/aromatic N) is 1. The van der Waals surface area contributed by atoms with E-state index >= 15 is 0 Å². The molecule has 0 spiro atoms. The lowest BCUT2D eigenvalue weighted by molar-refractivity contribution is -0.145. The molecule has 104 valence electrons. The normalized spacial score (nSPS) is 17.8. The third kappa shape index (κ3) is 3.44. The van der Waals surface area contributed by atoms with Crippen LogP contribution in [0.3, 0.4) is 0 Å². The van der Waals surface area contributed by atoms with Crippen LogP contribution in [0.2, 0.25) is 0 Å². The van der Waals surface area contributed by atoms with Gasteiger partial charge in [0.2, 0.25) is 0 Å². The molecule has 1 N–H and O–H groups in total. The van der Waals surface area contributed by atoms with Crippen LogP contribution in [0.25, 0.3) is 0 Å². The molecule has 4 nitrogen and oxygen atoms in total. The first-order valence-corrected chi connectivity index (χ1v) is 6.40. The summed E-state index contributed by atoms with van der Waals surface area (Å²) in [4.78, 5) is 12.9. The van der Waals surface area contributed by atoms with Gasteiger partial charge in [0.1, 0.15) is 6.61 Å². The minimum atomic E-state index is -0.743. The van der Waals surface area contributed by atoms with Crippen molar-refractivity contribution in [3.05, 3.63) is 30.1 Å². The average Bonchev–Trinajstić information content (AvgIpc) is 2.33. The number of hydrogen-bond donors (Lipinski definition) is 1. The summed E-state index contributed by atoms with van der Waals surface area (Å²) in [6, 6.07) is 6.31. The molecule has 1 aliphatic rings. The van der Waals surface area contributed by atoms with Gasteiger partial charge in [0.25, 0.3) is 0 Å². The third-order valence-electron chi connectivity index (χ3n) is 3.58. The monoisotopic (exact) mass is 267 g/mol. The first kappa shape index (κ1) is 13.8. The van der Waals surface area contributed by atoms with Crippen LogP contribution < -0.4 is 4.74 Å². The van der Waals surface area contributed by atoms with Crippen molar-refractivity contribution in [3.8, 4) is 5.75 Å². The predicted octanol–water partition coefficient (Wildman–Crippen LogP) is 1.86. The van der Waals surface area contributed by atoms with E-state index in [-0.39, 0.29) is 23.4 Å². The molecule has 1 atom stereocenters. The van der Waals surface area contributed by atoms with Crippen LogP contribution in [0.4, 0.5) is 4.39 Å². The fraction of sp³-hybridized carbons (Fsp3) is 0.500. The zero-order valence-corrected chi connectivity index (χ0v) is 10.9. The Morgan fingerprint density at radius 2 is 2.21 bits per heavy atom. The molecule has 1 aromatic carbocycles. The van der Waals surface area contributed by atoms with Crippen molar-refractivity contribution in [3.63, 3.8) is 0 Å². The Morgan fingerprint density at radius 1 is 1.53 bits per heavy atom. The number of carboxylic acids is 1. The molecule has 1 unspecified atom stereocenters. The SMILES string of the molecule is CC(C(=O)O)C1CN(CCOc2ccccc2F)C1. The lowest BCUT2D eigenvalue weighted by atomic mass is 9.87. The number of likely N-dealkylation sites (tertiary alicyclic amines) is 1. The summed E-state index contributed by atoms with van der Waals surface area (Å²) in [5.41, 5.74) is 0. The molecule has 1 fully saturated rings. The highest BCUT2D eigenvalue weighted by molar-refractivity contribution is 5.70. The first-order valence-electron chi connectivity index (χ1n) is 6.40. The summed E-state index contributed by atoms with van der Waals surface area (Å²) in [6.07, 6.45) is 0. The van der Waals surface area contributed by atoms with Crippen LogP contribution in [0, 0.1) is 17.7 Å². The zero-order chi connectivity index (χ0) is 13.8. The van der Waals surface area contributed by atoms with Crippen molar-refractivity contribution in [2.75, 3.05) is 26.2 Å². The fourth-order valence-corrected chi connectivity index (χ4v) is 2.16. The number of para-hydroxylation sites is 1. The van der Waals surface area contributed by atoms with E-state index in [1.54, 1.807) is 25.1 Å². The number of aliphatic carboxylic acids is 1. The van der Waals surface area contributed by atoms with Gasteiger partial charge in [-0.05, 0) is 18.1 Å². The van der Waals surface area contributed by atoms with Gasteiger partial charge in [0.05, 0.1) is 5.92 Å². The Morgan fingerprint density at radius 3 is 2.84 bits per heavy atom. The molecule has 1 saturated heterocycles. The highest BCUT2D eigenvalue weighted by Crippen LogP contribution is 2.23. The van der Waals surface area contributed by atoms with Gasteiger partial charge in [-0.1, -0.05) is 19.1 Å². The summed E-state index contributed by atoms with van der Waals surface area (Å²) >= 11 is 0. The maximum absolute atomic E-state index is 13.3. The number of carbonyl (C=O) groups is 1. The number of carboxylic acid groups (broad SMARTS) is 1. The standard InChI is InChI=1S/C14H18FNO3/c1-10(14(17)18)11-8-16(9-11)6-7-19-13-5-3-2-4-12(13)15/h2-5,10-11H,6-9H2,1H3,(H,17,18). The molecule has 0 aliphatic carbocycles. The van der Waals surface area contributed by atoms with Crippen LogP contribution in [0.5, 0.6) is 5.75 Å². The van der Waals surface area contributed by atoms with E-state index in [0.29, 0.717) is 13.2 Å². The van der Waals surface area contributed by atoms with Gasteiger partial charge in [-0.15, -0.1) is 0 Å². The van der Waals surface area contributed by atoms with E-state index in [4.69, 9.17) is 9.84 Å². The largest absolute Gasteiger partial charge is 0.489 e. The third-order valence-corrected chi connectivity index (χ3v) is 3.58. The van der Waals surface area contributed by atoms with Crippen molar-refractivity contribution < 1.29 is 19.0 Å². The van der Waals surface area contributed by atoms with Gasteiger partial charge in [0.15, 0.2) is 11.6 Å². The Hall–Kier alpha value is -1.62. The number of ether oxygens (including phenoxy) is 1. The van der Waals surface area contributed by atoms with E-state index in [0.717, 1.165) is 13.1 Å². The Balaban J connectivity index is 1.67. The molecule has 1 aromatic rings. The fourth-order valence-electron chi connectivity index (χ4n) is 2.16. The summed E-state index contributed by atoms with van der Waals surface area (Å²) in [7, 11) is 0. The van der Waals surface area contributed by atoms with Crippen LogP contribution in [-0.2, 0) is 4.79 Å². The summed E-state index contributed by atoms with van der Waals surface area (Å²) < 4.78 is 18.6. The molecule has 19 heavy (non-hydrogen) atoms. The second-order valence-electron chi connectivity index (χ2n) is 4.93. The van der Waals surface area contributed by atoms with E-state index in [9.17, 15) is 9.18 Å². The number of hydrogen-bond acceptors (Lipinski definition) is 3. The molecule has 0 radical (unpaired) electrons. The zero-order valence-electron chi connectivity index (χ0n) is 10.9. The van der Waals surface area contributed by atoms with Gasteiger partial charge in [-0.25, -0.2) is 4.39 Å². The highest BCUT2D eigenvalue weighted by atomic mass is 19.1. The predicted molar refractivity (Wildman–Crippen MR) is 68.6 cm³/mol. The molecule has 5 heteroatoms. The molecule has 2 rings (SSSR count). The average molecular weight is 267 g/mol. The Kier molecular flexibility index (Phi) is 4.37. The van der Waals surface area contributed by atoms with Crippen molar-refractivity contribution in [2.45, 2.75) is 6.92 Å².